The van der Waals surface area contributed by atoms with E-state index in [9.17, 15) is 9.59 Å². The van der Waals surface area contributed by atoms with Crippen LogP contribution in [0.4, 0.5) is 5.69 Å². The van der Waals surface area contributed by atoms with Gasteiger partial charge in [0.2, 0.25) is 0 Å². The first kappa shape index (κ1) is 20.3. The molecule has 1 heterocycles. The molecule has 5 heteroatoms. The molecule has 0 saturated carbocycles. The van der Waals surface area contributed by atoms with Gasteiger partial charge in [-0.1, -0.05) is 78.4 Å². The Morgan fingerprint density at radius 3 is 2.03 bits per heavy atom. The lowest BCUT2D eigenvalue weighted by molar-refractivity contribution is 0.102. The molecule has 0 aliphatic carbocycles. The second-order valence-corrected chi connectivity index (χ2v) is 7.27. The van der Waals surface area contributed by atoms with E-state index in [0.29, 0.717) is 23.5 Å². The van der Waals surface area contributed by atoms with Gasteiger partial charge in [-0.25, -0.2) is 4.68 Å². The molecule has 0 unspecified atom stereocenters. The fraction of sp³-hybridized carbons (Fsp3) is 0.115. The molecule has 0 aliphatic rings. The summed E-state index contributed by atoms with van der Waals surface area (Å²) in [5.74, 6) is -0.450. The van der Waals surface area contributed by atoms with Gasteiger partial charge in [0.05, 0.1) is 5.69 Å². The summed E-state index contributed by atoms with van der Waals surface area (Å²) < 4.78 is 1.35. The standard InChI is InChI=1S/C26H23N3O2/c1-3-29-26(31)23(25(30)27-21-16-14-18(2)15-17-21)22(19-10-6-4-7-11-19)24(28-29)20-12-8-5-9-13-20/h4-17H,3H2,1-2H3,(H,27,30). The molecule has 3 aromatic carbocycles. The van der Waals surface area contributed by atoms with Crippen LogP contribution in [0.5, 0.6) is 0 Å². The number of nitrogens with zero attached hydrogens (tertiary/aromatic N) is 2. The van der Waals surface area contributed by atoms with Gasteiger partial charge >= 0.3 is 0 Å². The fourth-order valence-corrected chi connectivity index (χ4v) is 3.51. The molecule has 154 valence electrons. The van der Waals surface area contributed by atoms with E-state index in [0.717, 1.165) is 16.7 Å². The lowest BCUT2D eigenvalue weighted by Gasteiger charge is -2.17. The first-order valence-corrected chi connectivity index (χ1v) is 10.2. The van der Waals surface area contributed by atoms with Gasteiger partial charge in [-0.05, 0) is 31.5 Å². The SMILES string of the molecule is CCn1nc(-c2ccccc2)c(-c2ccccc2)c(C(=O)Nc2ccc(C)cc2)c1=O. The summed E-state index contributed by atoms with van der Waals surface area (Å²) >= 11 is 0. The van der Waals surface area contributed by atoms with Crippen LogP contribution in [0.2, 0.25) is 0 Å². The van der Waals surface area contributed by atoms with Crippen molar-refractivity contribution in [3.8, 4) is 22.4 Å². The summed E-state index contributed by atoms with van der Waals surface area (Å²) in [6, 6.07) is 26.6. The highest BCUT2D eigenvalue weighted by molar-refractivity contribution is 6.10. The summed E-state index contributed by atoms with van der Waals surface area (Å²) in [4.78, 5) is 26.7. The van der Waals surface area contributed by atoms with Gasteiger partial charge in [0.1, 0.15) is 5.56 Å². The second-order valence-electron chi connectivity index (χ2n) is 7.27. The van der Waals surface area contributed by atoms with Gasteiger partial charge in [-0.15, -0.1) is 0 Å². The molecule has 0 saturated heterocycles. The first-order chi connectivity index (χ1) is 15.1. The van der Waals surface area contributed by atoms with E-state index >= 15 is 0 Å². The molecular weight excluding hydrogens is 386 g/mol. The fourth-order valence-electron chi connectivity index (χ4n) is 3.51. The van der Waals surface area contributed by atoms with Crippen LogP contribution in [0.1, 0.15) is 22.8 Å². The topological polar surface area (TPSA) is 64.0 Å². The number of nitrogens with one attached hydrogen (secondary N) is 1. The molecule has 5 nitrogen and oxygen atoms in total. The van der Waals surface area contributed by atoms with Gasteiger partial charge in [0.25, 0.3) is 11.5 Å². The third kappa shape index (κ3) is 4.16. The molecule has 1 N–H and O–H groups in total. The quantitative estimate of drug-likeness (QED) is 0.495. The second kappa shape index (κ2) is 8.79. The molecule has 0 bridgehead atoms. The zero-order valence-electron chi connectivity index (χ0n) is 17.5. The highest BCUT2D eigenvalue weighted by Crippen LogP contribution is 2.32. The summed E-state index contributed by atoms with van der Waals surface area (Å²) in [6.45, 7) is 4.18. The van der Waals surface area contributed by atoms with Crippen molar-refractivity contribution in [1.82, 2.24) is 9.78 Å². The van der Waals surface area contributed by atoms with Crippen LogP contribution in [0.3, 0.4) is 0 Å². The first-order valence-electron chi connectivity index (χ1n) is 10.2. The maximum atomic E-state index is 13.4. The summed E-state index contributed by atoms with van der Waals surface area (Å²) in [7, 11) is 0. The van der Waals surface area contributed by atoms with Crippen molar-refractivity contribution >= 4 is 11.6 Å². The minimum absolute atomic E-state index is 0.0856. The van der Waals surface area contributed by atoms with Gasteiger partial charge < -0.3 is 5.32 Å². The summed E-state index contributed by atoms with van der Waals surface area (Å²) in [5.41, 5.74) is 4.14. The minimum Gasteiger partial charge on any atom is -0.322 e. The molecule has 4 aromatic rings. The monoisotopic (exact) mass is 409 g/mol. The molecule has 1 aromatic heterocycles. The van der Waals surface area contributed by atoms with E-state index in [1.54, 1.807) is 0 Å². The van der Waals surface area contributed by atoms with Crippen LogP contribution in [0, 0.1) is 6.92 Å². The molecule has 0 radical (unpaired) electrons. The molecular formula is C26H23N3O2. The Balaban J connectivity index is 1.97. The number of anilines is 1. The normalized spacial score (nSPS) is 10.6. The van der Waals surface area contributed by atoms with Crippen molar-refractivity contribution in [1.29, 1.82) is 0 Å². The van der Waals surface area contributed by atoms with E-state index < -0.39 is 11.5 Å². The van der Waals surface area contributed by atoms with Gasteiger partial charge in [0.15, 0.2) is 0 Å². The lowest BCUT2D eigenvalue weighted by atomic mass is 9.95. The number of carbonyl (C=O) groups excluding carboxylic acids is 1. The lowest BCUT2D eigenvalue weighted by Crippen LogP contribution is -2.32. The average Bonchev–Trinajstić information content (AvgIpc) is 2.81. The van der Waals surface area contributed by atoms with Crippen LogP contribution < -0.4 is 10.9 Å². The van der Waals surface area contributed by atoms with Gasteiger partial charge in [0, 0.05) is 23.4 Å². The Hall–Kier alpha value is -3.99. The van der Waals surface area contributed by atoms with Crippen molar-refractivity contribution in [2.75, 3.05) is 5.32 Å². The minimum atomic E-state index is -0.450. The van der Waals surface area contributed by atoms with E-state index in [-0.39, 0.29) is 5.56 Å². The molecule has 4 rings (SSSR count). The van der Waals surface area contributed by atoms with Crippen LogP contribution in [0.25, 0.3) is 22.4 Å². The number of hydrogen-bond donors (Lipinski definition) is 1. The third-order valence-electron chi connectivity index (χ3n) is 5.10. The van der Waals surface area contributed by atoms with E-state index in [4.69, 9.17) is 0 Å². The number of carbonyl (C=O) groups is 1. The molecule has 1 amide bonds. The highest BCUT2D eigenvalue weighted by Gasteiger charge is 2.25. The van der Waals surface area contributed by atoms with Crippen molar-refractivity contribution in [3.05, 3.63) is 106 Å². The molecule has 0 aliphatic heterocycles. The molecule has 0 atom stereocenters. The molecule has 31 heavy (non-hydrogen) atoms. The Morgan fingerprint density at radius 1 is 0.871 bits per heavy atom. The predicted octanol–water partition coefficient (Wildman–Crippen LogP) is 5.16. The third-order valence-corrected chi connectivity index (χ3v) is 5.10. The number of hydrogen-bond acceptors (Lipinski definition) is 3. The summed E-state index contributed by atoms with van der Waals surface area (Å²) in [5, 5.41) is 7.51. The Labute approximate surface area is 181 Å². The zero-order chi connectivity index (χ0) is 21.8. The van der Waals surface area contributed by atoms with E-state index in [2.05, 4.69) is 10.4 Å². The molecule has 0 spiro atoms. The van der Waals surface area contributed by atoms with Gasteiger partial charge in [-0.3, -0.25) is 9.59 Å². The Bertz CT molecular complexity index is 1260. The van der Waals surface area contributed by atoms with Gasteiger partial charge in [-0.2, -0.15) is 5.10 Å². The van der Waals surface area contributed by atoms with Crippen molar-refractivity contribution in [3.63, 3.8) is 0 Å². The van der Waals surface area contributed by atoms with Crippen molar-refractivity contribution in [2.24, 2.45) is 0 Å². The van der Waals surface area contributed by atoms with Crippen LogP contribution in [-0.2, 0) is 6.54 Å². The molecule has 0 fully saturated rings. The highest BCUT2D eigenvalue weighted by atomic mass is 16.2. The van der Waals surface area contributed by atoms with Crippen molar-refractivity contribution < 1.29 is 4.79 Å². The number of aryl methyl sites for hydroxylation is 2. The van der Waals surface area contributed by atoms with E-state index in [1.165, 1.54) is 4.68 Å². The Kier molecular flexibility index (Phi) is 5.76. The number of amides is 1. The predicted molar refractivity (Wildman–Crippen MR) is 124 cm³/mol. The smallest absolute Gasteiger partial charge is 0.280 e. The van der Waals surface area contributed by atoms with Crippen LogP contribution in [-0.4, -0.2) is 15.7 Å². The number of aromatic nitrogens is 2. The maximum Gasteiger partial charge on any atom is 0.280 e. The van der Waals surface area contributed by atoms with Crippen LogP contribution in [0.15, 0.2) is 89.7 Å². The largest absolute Gasteiger partial charge is 0.322 e. The Morgan fingerprint density at radius 2 is 1.45 bits per heavy atom. The van der Waals surface area contributed by atoms with Crippen molar-refractivity contribution in [2.45, 2.75) is 20.4 Å². The number of benzene rings is 3. The van der Waals surface area contributed by atoms with Crippen LogP contribution >= 0.6 is 0 Å². The zero-order valence-corrected chi connectivity index (χ0v) is 17.5. The average molecular weight is 409 g/mol. The maximum absolute atomic E-state index is 13.4. The van der Waals surface area contributed by atoms with E-state index in [1.807, 2.05) is 98.8 Å². The summed E-state index contributed by atoms with van der Waals surface area (Å²) in [6.07, 6.45) is 0. The number of rotatable bonds is 5.